The van der Waals surface area contributed by atoms with Crippen LogP contribution in [0.3, 0.4) is 0 Å². The lowest BCUT2D eigenvalue weighted by Gasteiger charge is -2.13. The first-order valence-electron chi connectivity index (χ1n) is 8.22. The molecule has 24 heavy (non-hydrogen) atoms. The zero-order valence-electron chi connectivity index (χ0n) is 14.0. The second-order valence-electron chi connectivity index (χ2n) is 6.50. The molecule has 1 aliphatic rings. The van der Waals surface area contributed by atoms with Crippen LogP contribution in [0.2, 0.25) is 0 Å². The third-order valence-corrected chi connectivity index (χ3v) is 4.60. The Morgan fingerprint density at radius 3 is 2.75 bits per heavy atom. The van der Waals surface area contributed by atoms with Gasteiger partial charge in [0.25, 0.3) is 0 Å². The molecule has 0 unspecified atom stereocenters. The zero-order chi connectivity index (χ0) is 16.7. The highest BCUT2D eigenvalue weighted by atomic mass is 16.5. The van der Waals surface area contributed by atoms with Gasteiger partial charge in [0, 0.05) is 24.0 Å². The van der Waals surface area contributed by atoms with Crippen LogP contribution in [0.15, 0.2) is 42.5 Å². The minimum atomic E-state index is 0.564. The molecule has 0 saturated carbocycles. The largest absolute Gasteiger partial charge is 0.492 e. The number of nitrogen functional groups attached to an aromatic ring is 1. The van der Waals surface area contributed by atoms with Crippen molar-refractivity contribution in [3.8, 4) is 16.9 Å². The summed E-state index contributed by atoms with van der Waals surface area (Å²) in [5.41, 5.74) is 11.5. The second-order valence-corrected chi connectivity index (χ2v) is 6.50. The number of pyridine rings is 1. The van der Waals surface area contributed by atoms with E-state index in [9.17, 15) is 0 Å². The van der Waals surface area contributed by atoms with Crippen molar-refractivity contribution < 1.29 is 4.74 Å². The molecule has 1 aliphatic heterocycles. The molecule has 0 spiro atoms. The topological polar surface area (TPSA) is 51.4 Å². The number of aromatic nitrogens is 1. The van der Waals surface area contributed by atoms with Crippen molar-refractivity contribution in [3.63, 3.8) is 0 Å². The predicted molar refractivity (Wildman–Crippen MR) is 98.2 cm³/mol. The Morgan fingerprint density at radius 1 is 1.08 bits per heavy atom. The molecule has 4 heteroatoms. The van der Waals surface area contributed by atoms with E-state index in [0.29, 0.717) is 5.82 Å². The molecule has 1 aromatic heterocycles. The number of likely N-dealkylation sites (N-methyl/N-ethyl adjacent to an activating group) is 1. The summed E-state index contributed by atoms with van der Waals surface area (Å²) < 4.78 is 5.84. The summed E-state index contributed by atoms with van der Waals surface area (Å²) in [4.78, 5) is 6.76. The molecule has 4 nitrogen and oxygen atoms in total. The van der Waals surface area contributed by atoms with Gasteiger partial charge in [-0.15, -0.1) is 0 Å². The van der Waals surface area contributed by atoms with E-state index < -0.39 is 0 Å². The fourth-order valence-corrected chi connectivity index (χ4v) is 3.31. The van der Waals surface area contributed by atoms with Gasteiger partial charge in [0.15, 0.2) is 0 Å². The standard InChI is InChI=1S/C20H21N3O/c1-13-9-20(21)22-18-11-15(3-5-17(13)18)14-4-6-19-16(10-14)12-23(2)7-8-24-19/h3-6,9-11H,7-8,12H2,1-2H3,(H2,21,22). The van der Waals surface area contributed by atoms with Crippen molar-refractivity contribution in [2.45, 2.75) is 13.5 Å². The van der Waals surface area contributed by atoms with Crippen LogP contribution in [0, 0.1) is 6.92 Å². The first-order chi connectivity index (χ1) is 11.6. The maximum absolute atomic E-state index is 5.90. The van der Waals surface area contributed by atoms with E-state index in [4.69, 9.17) is 10.5 Å². The number of fused-ring (bicyclic) bond motifs is 2. The molecule has 0 bridgehead atoms. The third-order valence-electron chi connectivity index (χ3n) is 4.60. The SMILES string of the molecule is Cc1cc(N)nc2cc(-c3ccc4c(c3)CN(C)CCO4)ccc12. The van der Waals surface area contributed by atoms with Gasteiger partial charge < -0.3 is 10.5 Å². The van der Waals surface area contributed by atoms with Crippen molar-refractivity contribution in [3.05, 3.63) is 53.6 Å². The molecular weight excluding hydrogens is 298 g/mol. The summed E-state index contributed by atoms with van der Waals surface area (Å²) in [6.07, 6.45) is 0. The van der Waals surface area contributed by atoms with Gasteiger partial charge in [-0.05, 0) is 54.9 Å². The number of nitrogens with two attached hydrogens (primary N) is 1. The van der Waals surface area contributed by atoms with Gasteiger partial charge in [-0.25, -0.2) is 4.98 Å². The number of hydrogen-bond donors (Lipinski definition) is 1. The first-order valence-corrected chi connectivity index (χ1v) is 8.22. The van der Waals surface area contributed by atoms with Gasteiger partial charge in [0.2, 0.25) is 0 Å². The summed E-state index contributed by atoms with van der Waals surface area (Å²) in [6, 6.07) is 14.7. The number of rotatable bonds is 1. The highest BCUT2D eigenvalue weighted by Crippen LogP contribution is 2.31. The Bertz CT molecular complexity index is 920. The number of benzene rings is 2. The van der Waals surface area contributed by atoms with E-state index in [-0.39, 0.29) is 0 Å². The normalized spacial score (nSPS) is 14.9. The van der Waals surface area contributed by atoms with Crippen LogP contribution < -0.4 is 10.5 Å². The van der Waals surface area contributed by atoms with Crippen molar-refractivity contribution in [1.29, 1.82) is 0 Å². The Hall–Kier alpha value is -2.59. The Kier molecular flexibility index (Phi) is 3.62. The molecular formula is C20H21N3O. The molecule has 2 aromatic carbocycles. The minimum absolute atomic E-state index is 0.564. The van der Waals surface area contributed by atoms with Gasteiger partial charge >= 0.3 is 0 Å². The van der Waals surface area contributed by atoms with Gasteiger partial charge in [0.05, 0.1) is 5.52 Å². The molecule has 122 valence electrons. The number of ether oxygens (including phenoxy) is 1. The van der Waals surface area contributed by atoms with E-state index in [0.717, 1.165) is 47.5 Å². The molecule has 0 amide bonds. The predicted octanol–water partition coefficient (Wildman–Crippen LogP) is 3.62. The summed E-state index contributed by atoms with van der Waals surface area (Å²) in [5, 5.41) is 1.14. The van der Waals surface area contributed by atoms with Crippen LogP contribution in [-0.2, 0) is 6.54 Å². The van der Waals surface area contributed by atoms with Crippen molar-refractivity contribution in [1.82, 2.24) is 9.88 Å². The third kappa shape index (κ3) is 2.69. The molecule has 0 fully saturated rings. The van der Waals surface area contributed by atoms with Crippen LogP contribution in [0.5, 0.6) is 5.75 Å². The second kappa shape index (κ2) is 5.80. The minimum Gasteiger partial charge on any atom is -0.492 e. The Morgan fingerprint density at radius 2 is 1.88 bits per heavy atom. The molecule has 4 rings (SSSR count). The Balaban J connectivity index is 1.80. The average Bonchev–Trinajstić information content (AvgIpc) is 2.73. The van der Waals surface area contributed by atoms with Crippen LogP contribution in [0.1, 0.15) is 11.1 Å². The summed E-state index contributed by atoms with van der Waals surface area (Å²) >= 11 is 0. The van der Waals surface area contributed by atoms with Crippen LogP contribution in [-0.4, -0.2) is 30.1 Å². The maximum atomic E-state index is 5.90. The van der Waals surface area contributed by atoms with Crippen molar-refractivity contribution in [2.24, 2.45) is 0 Å². The zero-order valence-corrected chi connectivity index (χ0v) is 14.0. The van der Waals surface area contributed by atoms with Crippen LogP contribution in [0.25, 0.3) is 22.0 Å². The fourth-order valence-electron chi connectivity index (χ4n) is 3.31. The number of anilines is 1. The first kappa shape index (κ1) is 15.0. The monoisotopic (exact) mass is 319 g/mol. The lowest BCUT2D eigenvalue weighted by atomic mass is 9.99. The molecule has 0 radical (unpaired) electrons. The lowest BCUT2D eigenvalue weighted by molar-refractivity contribution is 0.259. The molecule has 0 saturated heterocycles. The summed E-state index contributed by atoms with van der Waals surface area (Å²) in [7, 11) is 2.12. The highest BCUT2D eigenvalue weighted by molar-refractivity contribution is 5.88. The van der Waals surface area contributed by atoms with E-state index in [1.165, 1.54) is 11.1 Å². The van der Waals surface area contributed by atoms with Gasteiger partial charge in [-0.2, -0.15) is 0 Å². The van der Waals surface area contributed by atoms with Crippen LogP contribution >= 0.6 is 0 Å². The lowest BCUT2D eigenvalue weighted by Crippen LogP contribution is -2.20. The quantitative estimate of drug-likeness (QED) is 0.744. The Labute approximate surface area is 141 Å². The van der Waals surface area contributed by atoms with Gasteiger partial charge in [0.1, 0.15) is 18.2 Å². The van der Waals surface area contributed by atoms with E-state index >= 15 is 0 Å². The van der Waals surface area contributed by atoms with E-state index in [1.807, 2.05) is 6.07 Å². The molecule has 2 N–H and O–H groups in total. The number of nitrogens with zero attached hydrogens (tertiary/aromatic N) is 2. The van der Waals surface area contributed by atoms with E-state index in [2.05, 4.69) is 60.3 Å². The van der Waals surface area contributed by atoms with Gasteiger partial charge in [-0.1, -0.05) is 18.2 Å². The van der Waals surface area contributed by atoms with Crippen molar-refractivity contribution >= 4 is 16.7 Å². The molecule has 0 aliphatic carbocycles. The summed E-state index contributed by atoms with van der Waals surface area (Å²) in [6.45, 7) is 4.65. The molecule has 0 atom stereocenters. The van der Waals surface area contributed by atoms with E-state index in [1.54, 1.807) is 0 Å². The van der Waals surface area contributed by atoms with Gasteiger partial charge in [-0.3, -0.25) is 4.90 Å². The van der Waals surface area contributed by atoms with Crippen molar-refractivity contribution in [2.75, 3.05) is 25.9 Å². The molecule has 2 heterocycles. The number of aryl methyl sites for hydroxylation is 1. The highest BCUT2D eigenvalue weighted by Gasteiger charge is 2.13. The molecule has 3 aromatic rings. The smallest absolute Gasteiger partial charge is 0.124 e. The fraction of sp³-hybridized carbons (Fsp3) is 0.250. The number of hydrogen-bond acceptors (Lipinski definition) is 4. The van der Waals surface area contributed by atoms with Crippen LogP contribution in [0.4, 0.5) is 5.82 Å². The summed E-state index contributed by atoms with van der Waals surface area (Å²) in [5.74, 6) is 1.55. The average molecular weight is 319 g/mol. The maximum Gasteiger partial charge on any atom is 0.124 e.